The monoisotopic (exact) mass is 489 g/mol. The molecule has 0 amide bonds. The summed E-state index contributed by atoms with van der Waals surface area (Å²) < 4.78 is 23.4. The van der Waals surface area contributed by atoms with Crippen molar-refractivity contribution in [2.45, 2.75) is 19.8 Å². The second kappa shape index (κ2) is 9.90. The minimum Gasteiger partial charge on any atom is -0.367 e. The summed E-state index contributed by atoms with van der Waals surface area (Å²) in [6.07, 6.45) is 1.98. The molecule has 5 aromatic rings. The van der Waals surface area contributed by atoms with Crippen molar-refractivity contribution < 1.29 is 9.13 Å². The molecule has 0 aliphatic heterocycles. The van der Waals surface area contributed by atoms with Gasteiger partial charge in [0.05, 0.1) is 29.9 Å². The van der Waals surface area contributed by atoms with Crippen LogP contribution in [0.15, 0.2) is 79.0 Å². The van der Waals surface area contributed by atoms with Gasteiger partial charge in [-0.2, -0.15) is 0 Å². The number of rotatable bonds is 8. The van der Waals surface area contributed by atoms with Gasteiger partial charge in [0.1, 0.15) is 24.1 Å². The highest BCUT2D eigenvalue weighted by molar-refractivity contribution is 6.30. The molecule has 0 saturated heterocycles. The van der Waals surface area contributed by atoms with Crippen molar-refractivity contribution in [2.75, 3.05) is 11.9 Å². The van der Waals surface area contributed by atoms with E-state index in [0.29, 0.717) is 24.8 Å². The molecular weight excluding hydrogens is 465 g/mol. The number of aryl methyl sites for hydroxylation is 1. The Bertz CT molecular complexity index is 1440. The van der Waals surface area contributed by atoms with Gasteiger partial charge in [-0.15, -0.1) is 0 Å². The van der Waals surface area contributed by atoms with E-state index >= 15 is 0 Å². The van der Waals surface area contributed by atoms with E-state index in [0.717, 1.165) is 39.8 Å². The van der Waals surface area contributed by atoms with Gasteiger partial charge in [0.15, 0.2) is 0 Å². The average molecular weight is 490 g/mol. The van der Waals surface area contributed by atoms with Crippen molar-refractivity contribution in [3.63, 3.8) is 0 Å². The molecule has 0 unspecified atom stereocenters. The van der Waals surface area contributed by atoms with Crippen molar-refractivity contribution in [1.29, 1.82) is 0 Å². The van der Waals surface area contributed by atoms with Crippen molar-refractivity contribution in [3.05, 3.63) is 107 Å². The Morgan fingerprint density at radius 1 is 0.914 bits per heavy atom. The van der Waals surface area contributed by atoms with Gasteiger partial charge in [-0.25, -0.2) is 14.4 Å². The smallest absolute Gasteiger partial charge is 0.135 e. The first-order valence-corrected chi connectivity index (χ1v) is 11.6. The summed E-state index contributed by atoms with van der Waals surface area (Å²) in [5.41, 5.74) is 4.68. The predicted octanol–water partition coefficient (Wildman–Crippen LogP) is 5.90. The molecule has 0 aliphatic carbocycles. The van der Waals surface area contributed by atoms with Gasteiger partial charge in [-0.05, 0) is 60.7 Å². The van der Waals surface area contributed by atoms with Gasteiger partial charge in [-0.1, -0.05) is 23.7 Å². The Labute approximate surface area is 208 Å². The molecule has 8 heteroatoms. The van der Waals surface area contributed by atoms with Gasteiger partial charge in [0, 0.05) is 36.7 Å². The van der Waals surface area contributed by atoms with E-state index in [1.807, 2.05) is 82.9 Å². The molecule has 2 aromatic heterocycles. The molecule has 2 heterocycles. The molecule has 35 heavy (non-hydrogen) atoms. The molecule has 0 fully saturated rings. The van der Waals surface area contributed by atoms with Crippen LogP contribution in [0.1, 0.15) is 17.3 Å². The van der Waals surface area contributed by atoms with E-state index in [2.05, 4.69) is 4.98 Å². The number of nitrogens with zero attached hydrogens (tertiary/aromatic N) is 5. The van der Waals surface area contributed by atoms with Crippen LogP contribution < -0.4 is 4.90 Å². The first-order chi connectivity index (χ1) is 17.0. The van der Waals surface area contributed by atoms with Crippen LogP contribution in [0.25, 0.3) is 16.7 Å². The topological polar surface area (TPSA) is 48.1 Å². The number of imidazole rings is 2. The molecule has 0 radical (unpaired) electrons. The van der Waals surface area contributed by atoms with Crippen LogP contribution in [0.5, 0.6) is 0 Å². The number of hydrogen-bond acceptors (Lipinski definition) is 4. The molecule has 178 valence electrons. The summed E-state index contributed by atoms with van der Waals surface area (Å²) in [5.74, 6) is 1.44. The fourth-order valence-corrected chi connectivity index (χ4v) is 4.17. The van der Waals surface area contributed by atoms with Crippen molar-refractivity contribution in [2.24, 2.45) is 7.05 Å². The molecule has 0 N–H and O–H groups in total. The first kappa shape index (κ1) is 23.1. The van der Waals surface area contributed by atoms with E-state index < -0.39 is 0 Å². The summed E-state index contributed by atoms with van der Waals surface area (Å²) in [4.78, 5) is 11.5. The number of aromatic nitrogens is 4. The quantitative estimate of drug-likeness (QED) is 0.272. The zero-order chi connectivity index (χ0) is 24.4. The zero-order valence-corrected chi connectivity index (χ0v) is 20.3. The third-order valence-corrected chi connectivity index (χ3v) is 6.19. The molecule has 0 aliphatic rings. The summed E-state index contributed by atoms with van der Waals surface area (Å²) >= 11 is 6.10. The molecule has 5 rings (SSSR count). The summed E-state index contributed by atoms with van der Waals surface area (Å²) in [5, 5.41) is 0.671. The van der Waals surface area contributed by atoms with Crippen molar-refractivity contribution in [3.8, 4) is 5.69 Å². The van der Waals surface area contributed by atoms with Crippen LogP contribution in [-0.4, -0.2) is 26.1 Å². The standard InChI is InChI=1S/C27H25ClFN5O/c1-32(22-13-9-20(29)10-14-22)16-26-30-21(15-34(26)23-11-7-19(28)8-12-23)17-35-18-27-31-24-5-3-4-6-25(24)33(27)2/h3-15H,16-18H2,1-2H3. The Kier molecular flexibility index (Phi) is 6.53. The molecule has 6 nitrogen and oxygen atoms in total. The number of benzene rings is 3. The van der Waals surface area contributed by atoms with Gasteiger partial charge in [0.2, 0.25) is 0 Å². The molecule has 0 saturated carbocycles. The molecule has 0 atom stereocenters. The third kappa shape index (κ3) is 5.06. The highest BCUT2D eigenvalue weighted by Crippen LogP contribution is 2.21. The zero-order valence-electron chi connectivity index (χ0n) is 19.5. The lowest BCUT2D eigenvalue weighted by Crippen LogP contribution is -2.19. The summed E-state index contributed by atoms with van der Waals surface area (Å²) in [6, 6.07) is 22.1. The fraction of sp³-hybridized carbons (Fsp3) is 0.185. The van der Waals surface area contributed by atoms with Gasteiger partial charge >= 0.3 is 0 Å². The summed E-state index contributed by atoms with van der Waals surface area (Å²) in [6.45, 7) is 1.25. The molecular formula is C27H25ClFN5O. The average Bonchev–Trinajstić information content (AvgIpc) is 3.40. The molecule has 0 spiro atoms. The Balaban J connectivity index is 1.35. The number of para-hydroxylation sites is 2. The second-order valence-electron chi connectivity index (χ2n) is 8.40. The van der Waals surface area contributed by atoms with Crippen LogP contribution >= 0.6 is 11.6 Å². The van der Waals surface area contributed by atoms with E-state index in [9.17, 15) is 4.39 Å². The first-order valence-electron chi connectivity index (χ1n) is 11.3. The second-order valence-corrected chi connectivity index (χ2v) is 8.83. The lowest BCUT2D eigenvalue weighted by atomic mass is 10.3. The predicted molar refractivity (Wildman–Crippen MR) is 136 cm³/mol. The number of anilines is 1. The van der Waals surface area contributed by atoms with Crippen LogP contribution in [0, 0.1) is 5.82 Å². The number of hydrogen-bond donors (Lipinski definition) is 0. The van der Waals surface area contributed by atoms with Gasteiger partial charge < -0.3 is 18.8 Å². The third-order valence-electron chi connectivity index (χ3n) is 5.94. The molecule has 0 bridgehead atoms. The maximum Gasteiger partial charge on any atom is 0.135 e. The van der Waals surface area contributed by atoms with Crippen LogP contribution in [-0.2, 0) is 31.5 Å². The lowest BCUT2D eigenvalue weighted by molar-refractivity contribution is 0.0980. The Morgan fingerprint density at radius 2 is 1.66 bits per heavy atom. The minimum absolute atomic E-state index is 0.259. The van der Waals surface area contributed by atoms with Gasteiger partial charge in [0.25, 0.3) is 0 Å². The highest BCUT2D eigenvalue weighted by Gasteiger charge is 2.14. The van der Waals surface area contributed by atoms with Crippen LogP contribution in [0.3, 0.4) is 0 Å². The maximum atomic E-state index is 13.4. The van der Waals surface area contributed by atoms with Gasteiger partial charge in [-0.3, -0.25) is 0 Å². The van der Waals surface area contributed by atoms with Crippen LogP contribution in [0.2, 0.25) is 5.02 Å². The number of fused-ring (bicyclic) bond motifs is 1. The summed E-state index contributed by atoms with van der Waals surface area (Å²) in [7, 11) is 3.95. The highest BCUT2D eigenvalue weighted by atomic mass is 35.5. The Morgan fingerprint density at radius 3 is 2.40 bits per heavy atom. The lowest BCUT2D eigenvalue weighted by Gasteiger charge is -2.19. The maximum absolute atomic E-state index is 13.4. The van der Waals surface area contributed by atoms with E-state index in [1.165, 1.54) is 12.1 Å². The van der Waals surface area contributed by atoms with E-state index in [4.69, 9.17) is 21.3 Å². The van der Waals surface area contributed by atoms with Crippen molar-refractivity contribution >= 4 is 28.3 Å². The fourth-order valence-electron chi connectivity index (χ4n) is 4.05. The van der Waals surface area contributed by atoms with E-state index in [-0.39, 0.29) is 5.82 Å². The minimum atomic E-state index is -0.259. The Hall–Kier alpha value is -3.68. The van der Waals surface area contributed by atoms with Crippen molar-refractivity contribution in [1.82, 2.24) is 19.1 Å². The largest absolute Gasteiger partial charge is 0.367 e. The SMILES string of the molecule is CN(Cc1nc(COCc2nc3ccccc3n2C)cn1-c1ccc(Cl)cc1)c1ccc(F)cc1. The number of halogens is 2. The molecule has 3 aromatic carbocycles. The van der Waals surface area contributed by atoms with Crippen LogP contribution in [0.4, 0.5) is 10.1 Å². The van der Waals surface area contributed by atoms with E-state index in [1.54, 1.807) is 12.1 Å². The number of ether oxygens (including phenoxy) is 1. The normalized spacial score (nSPS) is 11.3.